The first-order valence-corrected chi connectivity index (χ1v) is 13.5. The van der Waals surface area contributed by atoms with Crippen molar-refractivity contribution in [1.29, 1.82) is 0 Å². The third-order valence-electron chi connectivity index (χ3n) is 7.26. The molecule has 0 aliphatic rings. The Bertz CT molecular complexity index is 740. The second-order valence-electron chi connectivity index (χ2n) is 10.8. The maximum Gasteiger partial charge on any atom is 0.222 e. The topological polar surface area (TPSA) is 136 Å². The Morgan fingerprint density at radius 2 is 1.39 bits per heavy atom. The number of aliphatic hydroxyl groups is 3. The van der Waals surface area contributed by atoms with Crippen LogP contribution in [0, 0.1) is 0 Å². The number of carbonyl (C=O) groups excluding carboxylic acids is 1. The summed E-state index contributed by atoms with van der Waals surface area (Å²) in [5, 5.41) is 29.0. The van der Waals surface area contributed by atoms with E-state index in [1.54, 1.807) is 0 Å². The van der Waals surface area contributed by atoms with Gasteiger partial charge in [0, 0.05) is 56.9 Å². The highest BCUT2D eigenvalue weighted by atomic mass is 16.3. The quantitative estimate of drug-likeness (QED) is 0.181. The largest absolute Gasteiger partial charge is 0.396 e. The summed E-state index contributed by atoms with van der Waals surface area (Å²) in [5.74, 6) is 0.0268. The van der Waals surface area contributed by atoms with Crippen LogP contribution in [0.15, 0.2) is 24.3 Å². The van der Waals surface area contributed by atoms with Crippen LogP contribution in [0.2, 0.25) is 0 Å². The van der Waals surface area contributed by atoms with Crippen LogP contribution in [0.25, 0.3) is 0 Å². The van der Waals surface area contributed by atoms with Crippen LogP contribution in [0.4, 0.5) is 0 Å². The highest BCUT2D eigenvalue weighted by Crippen LogP contribution is 2.18. The van der Waals surface area contributed by atoms with Crippen LogP contribution in [-0.2, 0) is 17.9 Å². The second kappa shape index (κ2) is 16.3. The van der Waals surface area contributed by atoms with Crippen LogP contribution in [0.5, 0.6) is 0 Å². The smallest absolute Gasteiger partial charge is 0.222 e. The van der Waals surface area contributed by atoms with Gasteiger partial charge < -0.3 is 31.7 Å². The normalized spacial score (nSPS) is 15.9. The molecule has 0 bridgehead atoms. The Hall–Kier alpha value is -1.55. The Morgan fingerprint density at radius 1 is 0.889 bits per heavy atom. The molecule has 0 heterocycles. The number of rotatable bonds is 19. The number of benzene rings is 1. The number of hydrogen-bond acceptors (Lipinski definition) is 7. The summed E-state index contributed by atoms with van der Waals surface area (Å²) in [6, 6.07) is 8.14. The summed E-state index contributed by atoms with van der Waals surface area (Å²) in [6.07, 6.45) is 4.35. The Kier molecular flexibility index (Phi) is 14.7. The molecule has 0 aromatic heterocycles. The van der Waals surface area contributed by atoms with Gasteiger partial charge in [0.2, 0.25) is 5.91 Å². The molecule has 0 radical (unpaired) electrons. The lowest BCUT2D eigenvalue weighted by atomic mass is 9.95. The number of amides is 1. The summed E-state index contributed by atoms with van der Waals surface area (Å²) in [4.78, 5) is 16.6. The van der Waals surface area contributed by atoms with Gasteiger partial charge in [-0.3, -0.25) is 9.69 Å². The number of nitrogens with two attached hydrogens (primary N) is 2. The maximum absolute atomic E-state index is 12.8. The Labute approximate surface area is 218 Å². The van der Waals surface area contributed by atoms with Crippen molar-refractivity contribution in [1.82, 2.24) is 9.80 Å². The highest BCUT2D eigenvalue weighted by Gasteiger charge is 2.22. The molecular weight excluding hydrogens is 456 g/mol. The molecule has 0 spiro atoms. The zero-order chi connectivity index (χ0) is 27.2. The van der Waals surface area contributed by atoms with Crippen LogP contribution in [-0.4, -0.2) is 74.6 Å². The molecule has 0 saturated carbocycles. The van der Waals surface area contributed by atoms with Crippen molar-refractivity contribution in [3.8, 4) is 0 Å². The molecule has 3 atom stereocenters. The van der Waals surface area contributed by atoms with Crippen molar-refractivity contribution in [2.24, 2.45) is 11.5 Å². The summed E-state index contributed by atoms with van der Waals surface area (Å²) < 4.78 is 0. The van der Waals surface area contributed by atoms with Gasteiger partial charge in [0.05, 0.1) is 0 Å². The highest BCUT2D eigenvalue weighted by molar-refractivity contribution is 5.76. The van der Waals surface area contributed by atoms with E-state index in [-0.39, 0.29) is 30.2 Å². The zero-order valence-corrected chi connectivity index (χ0v) is 23.1. The number of carbonyl (C=O) groups is 1. The lowest BCUT2D eigenvalue weighted by molar-refractivity contribution is -0.132. The van der Waals surface area contributed by atoms with E-state index in [0.29, 0.717) is 58.3 Å². The molecule has 0 fully saturated rings. The molecule has 36 heavy (non-hydrogen) atoms. The van der Waals surface area contributed by atoms with Crippen molar-refractivity contribution in [2.45, 2.75) is 109 Å². The van der Waals surface area contributed by atoms with Crippen LogP contribution in [0.3, 0.4) is 0 Å². The van der Waals surface area contributed by atoms with Gasteiger partial charge in [-0.15, -0.1) is 0 Å². The van der Waals surface area contributed by atoms with Gasteiger partial charge in [0.25, 0.3) is 0 Å². The standard InChI is InChI=1S/C28H52N4O4/c1-5-27(3,29)15-17-31(25(35)9-7-19-33)21-23-11-13-24(14-12-23)22-32(26(36)10-8-20-34)18-16-28(4,30)6-2/h11-14,25,33-35H,5-10,15-22,29-30H2,1-4H3. The van der Waals surface area contributed by atoms with Crippen molar-refractivity contribution in [3.63, 3.8) is 0 Å². The fraction of sp³-hybridized carbons (Fsp3) is 0.750. The first kappa shape index (κ1) is 32.5. The van der Waals surface area contributed by atoms with E-state index < -0.39 is 6.23 Å². The van der Waals surface area contributed by atoms with Gasteiger partial charge in [0.15, 0.2) is 0 Å². The molecule has 0 aliphatic heterocycles. The summed E-state index contributed by atoms with van der Waals surface area (Å²) >= 11 is 0. The van der Waals surface area contributed by atoms with Crippen molar-refractivity contribution in [2.75, 3.05) is 26.3 Å². The fourth-order valence-corrected chi connectivity index (χ4v) is 3.82. The van der Waals surface area contributed by atoms with Gasteiger partial charge in [-0.25, -0.2) is 0 Å². The minimum atomic E-state index is -0.645. The average Bonchev–Trinajstić information content (AvgIpc) is 2.86. The predicted molar refractivity (Wildman–Crippen MR) is 146 cm³/mol. The van der Waals surface area contributed by atoms with Crippen LogP contribution < -0.4 is 11.5 Å². The molecule has 0 saturated heterocycles. The van der Waals surface area contributed by atoms with E-state index in [2.05, 4.69) is 13.8 Å². The lowest BCUT2D eigenvalue weighted by Crippen LogP contribution is -2.42. The molecule has 208 valence electrons. The van der Waals surface area contributed by atoms with E-state index in [4.69, 9.17) is 16.6 Å². The SMILES string of the molecule is CCC(C)(N)CCN(Cc1ccc(CN(CCC(C)(N)CC)C(O)CCCO)cc1)C(=O)CCCO. The summed E-state index contributed by atoms with van der Waals surface area (Å²) in [7, 11) is 0. The third-order valence-corrected chi connectivity index (χ3v) is 7.26. The van der Waals surface area contributed by atoms with E-state index in [0.717, 1.165) is 30.4 Å². The Morgan fingerprint density at radius 3 is 1.89 bits per heavy atom. The number of aliphatic hydroxyl groups excluding tert-OH is 3. The first-order valence-electron chi connectivity index (χ1n) is 13.5. The van der Waals surface area contributed by atoms with Gasteiger partial charge in [-0.2, -0.15) is 0 Å². The fourth-order valence-electron chi connectivity index (χ4n) is 3.82. The van der Waals surface area contributed by atoms with E-state index >= 15 is 0 Å². The second-order valence-corrected chi connectivity index (χ2v) is 10.8. The lowest BCUT2D eigenvalue weighted by Gasteiger charge is -2.32. The van der Waals surface area contributed by atoms with Gasteiger partial charge in [-0.1, -0.05) is 38.1 Å². The monoisotopic (exact) mass is 508 g/mol. The van der Waals surface area contributed by atoms with Gasteiger partial charge in [0.1, 0.15) is 6.23 Å². The zero-order valence-electron chi connectivity index (χ0n) is 23.1. The summed E-state index contributed by atoms with van der Waals surface area (Å²) in [6.45, 7) is 10.5. The van der Waals surface area contributed by atoms with Gasteiger partial charge in [-0.05, 0) is 69.9 Å². The predicted octanol–water partition coefficient (Wildman–Crippen LogP) is 2.72. The minimum Gasteiger partial charge on any atom is -0.396 e. The molecule has 3 unspecified atom stereocenters. The van der Waals surface area contributed by atoms with Crippen molar-refractivity contribution in [3.05, 3.63) is 35.4 Å². The molecular formula is C28H52N4O4. The molecule has 8 heteroatoms. The average molecular weight is 509 g/mol. The van der Waals surface area contributed by atoms with Crippen molar-refractivity contribution >= 4 is 5.91 Å². The molecule has 1 aromatic carbocycles. The molecule has 1 rings (SSSR count). The maximum atomic E-state index is 12.8. The van der Waals surface area contributed by atoms with E-state index in [9.17, 15) is 15.0 Å². The van der Waals surface area contributed by atoms with Crippen LogP contribution >= 0.6 is 0 Å². The first-order chi connectivity index (χ1) is 17.0. The van der Waals surface area contributed by atoms with Crippen molar-refractivity contribution < 1.29 is 20.1 Å². The molecule has 8 nitrogen and oxygen atoms in total. The van der Waals surface area contributed by atoms with E-state index in [1.165, 1.54) is 0 Å². The number of nitrogens with zero attached hydrogens (tertiary/aromatic N) is 2. The third kappa shape index (κ3) is 12.6. The molecule has 0 aliphatic carbocycles. The molecule has 1 amide bonds. The van der Waals surface area contributed by atoms with Crippen LogP contribution in [0.1, 0.15) is 90.2 Å². The minimum absolute atomic E-state index is 0.0000600. The molecule has 7 N–H and O–H groups in total. The van der Waals surface area contributed by atoms with E-state index in [1.807, 2.05) is 47.9 Å². The summed E-state index contributed by atoms with van der Waals surface area (Å²) in [5.41, 5.74) is 14.1. The molecule has 1 aromatic rings. The number of hydrogen-bond donors (Lipinski definition) is 5. The van der Waals surface area contributed by atoms with Gasteiger partial charge >= 0.3 is 0 Å². The Balaban J connectivity index is 2.90.